The fourth-order valence-corrected chi connectivity index (χ4v) is 2.40. The molecule has 0 atom stereocenters. The summed E-state index contributed by atoms with van der Waals surface area (Å²) in [5, 5.41) is 0. The lowest BCUT2D eigenvalue weighted by molar-refractivity contribution is 0.0799. The maximum Gasteiger partial charge on any atom is 0.253 e. The van der Waals surface area contributed by atoms with Crippen molar-refractivity contribution in [1.29, 1.82) is 0 Å². The highest BCUT2D eigenvalue weighted by molar-refractivity contribution is 7.80. The van der Waals surface area contributed by atoms with Crippen molar-refractivity contribution in [3.63, 3.8) is 0 Å². The molecule has 1 aliphatic carbocycles. The van der Waals surface area contributed by atoms with E-state index in [1.807, 2.05) is 12.1 Å². The fourth-order valence-electron chi connectivity index (χ4n) is 2.30. The predicted molar refractivity (Wildman–Crippen MR) is 76.8 cm³/mol. The molecule has 0 aromatic heterocycles. The molecule has 2 rings (SSSR count). The molecule has 1 amide bonds. The van der Waals surface area contributed by atoms with Gasteiger partial charge < -0.3 is 10.6 Å². The molecule has 0 heterocycles. The van der Waals surface area contributed by atoms with Crippen molar-refractivity contribution in [2.24, 2.45) is 5.73 Å². The fraction of sp³-hybridized carbons (Fsp3) is 0.429. The average molecular weight is 262 g/mol. The number of benzene rings is 1. The Labute approximate surface area is 113 Å². The molecule has 4 heteroatoms. The van der Waals surface area contributed by atoms with Gasteiger partial charge in [0.05, 0.1) is 4.99 Å². The van der Waals surface area contributed by atoms with Crippen molar-refractivity contribution < 1.29 is 4.79 Å². The van der Waals surface area contributed by atoms with E-state index in [0.717, 1.165) is 18.4 Å². The average Bonchev–Trinajstić information content (AvgIpc) is 2.81. The third-order valence-electron chi connectivity index (χ3n) is 3.39. The third-order valence-corrected chi connectivity index (χ3v) is 3.59. The number of nitrogens with two attached hydrogens (primary N) is 1. The van der Waals surface area contributed by atoms with Crippen LogP contribution >= 0.6 is 12.2 Å². The summed E-state index contributed by atoms with van der Waals surface area (Å²) in [6, 6.07) is 6.03. The monoisotopic (exact) mass is 262 g/mol. The topological polar surface area (TPSA) is 46.3 Å². The highest BCUT2D eigenvalue weighted by atomic mass is 32.1. The van der Waals surface area contributed by atoms with Crippen molar-refractivity contribution in [3.05, 3.63) is 34.9 Å². The lowest BCUT2D eigenvalue weighted by Gasteiger charge is -2.17. The Kier molecular flexibility index (Phi) is 3.97. The molecule has 1 aromatic carbocycles. The summed E-state index contributed by atoms with van der Waals surface area (Å²) in [4.78, 5) is 14.3. The smallest absolute Gasteiger partial charge is 0.253 e. The summed E-state index contributed by atoms with van der Waals surface area (Å²) >= 11 is 4.82. The van der Waals surface area contributed by atoms with Gasteiger partial charge in [-0.25, -0.2) is 0 Å². The quantitative estimate of drug-likeness (QED) is 0.843. The van der Waals surface area contributed by atoms with E-state index in [1.54, 1.807) is 11.9 Å². The molecular formula is C14H18N2OS. The van der Waals surface area contributed by atoms with Crippen molar-refractivity contribution in [3.8, 4) is 0 Å². The van der Waals surface area contributed by atoms with Crippen molar-refractivity contribution in [1.82, 2.24) is 4.90 Å². The van der Waals surface area contributed by atoms with E-state index >= 15 is 0 Å². The number of nitrogens with zero attached hydrogens (tertiary/aromatic N) is 1. The van der Waals surface area contributed by atoms with Crippen LogP contribution in [0.2, 0.25) is 0 Å². The summed E-state index contributed by atoms with van der Waals surface area (Å²) in [5.74, 6) is 0.0425. The van der Waals surface area contributed by atoms with Crippen LogP contribution in [0.25, 0.3) is 0 Å². The molecular weight excluding hydrogens is 244 g/mol. The minimum atomic E-state index is 0.0425. The van der Waals surface area contributed by atoms with Crippen molar-refractivity contribution in [2.75, 3.05) is 13.6 Å². The molecule has 0 radical (unpaired) electrons. The van der Waals surface area contributed by atoms with Crippen LogP contribution in [0, 0.1) is 0 Å². The second kappa shape index (κ2) is 5.48. The maximum absolute atomic E-state index is 12.2. The summed E-state index contributed by atoms with van der Waals surface area (Å²) in [6.45, 7) is 0.575. The van der Waals surface area contributed by atoms with Crippen LogP contribution in [0.4, 0.5) is 0 Å². The SMILES string of the molecule is CN(CCC(N)=S)C(=O)c1ccc2c(c1)CCC2. The van der Waals surface area contributed by atoms with Gasteiger partial charge in [-0.05, 0) is 42.5 Å². The molecule has 0 saturated carbocycles. The first kappa shape index (κ1) is 13.0. The summed E-state index contributed by atoms with van der Waals surface area (Å²) in [5.41, 5.74) is 8.92. The van der Waals surface area contributed by atoms with Gasteiger partial charge in [0.1, 0.15) is 0 Å². The molecule has 0 aliphatic heterocycles. The molecule has 1 aliphatic rings. The van der Waals surface area contributed by atoms with Crippen LogP contribution in [0.1, 0.15) is 34.3 Å². The highest BCUT2D eigenvalue weighted by Crippen LogP contribution is 2.23. The van der Waals surface area contributed by atoms with Crippen LogP contribution in [0.5, 0.6) is 0 Å². The van der Waals surface area contributed by atoms with Crippen molar-refractivity contribution >= 4 is 23.1 Å². The number of hydrogen-bond acceptors (Lipinski definition) is 2. The number of fused-ring (bicyclic) bond motifs is 1. The van der Waals surface area contributed by atoms with E-state index < -0.39 is 0 Å². The summed E-state index contributed by atoms with van der Waals surface area (Å²) in [6.07, 6.45) is 4.00. The molecule has 0 spiro atoms. The minimum Gasteiger partial charge on any atom is -0.393 e. The second-order valence-corrected chi connectivity index (χ2v) is 5.30. The standard InChI is InChI=1S/C14H18N2OS/c1-16(8-7-13(15)18)14(17)12-6-5-10-3-2-4-11(10)9-12/h5-6,9H,2-4,7-8H2,1H3,(H2,15,18). The van der Waals surface area contributed by atoms with Crippen molar-refractivity contribution in [2.45, 2.75) is 25.7 Å². The predicted octanol–water partition coefficient (Wildman–Crippen LogP) is 1.92. The van der Waals surface area contributed by atoms with Crippen LogP contribution in [0.3, 0.4) is 0 Å². The normalized spacial score (nSPS) is 13.2. The number of rotatable bonds is 4. The second-order valence-electron chi connectivity index (χ2n) is 4.78. The third kappa shape index (κ3) is 2.88. The lowest BCUT2D eigenvalue weighted by atomic mass is 10.1. The zero-order valence-electron chi connectivity index (χ0n) is 10.6. The van der Waals surface area contributed by atoms with E-state index in [4.69, 9.17) is 18.0 Å². The van der Waals surface area contributed by atoms with E-state index in [0.29, 0.717) is 18.0 Å². The Bertz CT molecular complexity index is 485. The van der Waals surface area contributed by atoms with Gasteiger partial charge in [-0.15, -0.1) is 0 Å². The van der Waals surface area contributed by atoms with Gasteiger partial charge in [0.25, 0.3) is 5.91 Å². The zero-order chi connectivity index (χ0) is 13.1. The van der Waals surface area contributed by atoms with Crippen LogP contribution in [-0.4, -0.2) is 29.4 Å². The Morgan fingerprint density at radius 1 is 1.39 bits per heavy atom. The van der Waals surface area contributed by atoms with Gasteiger partial charge >= 0.3 is 0 Å². The number of carbonyl (C=O) groups is 1. The van der Waals surface area contributed by atoms with E-state index in [2.05, 4.69) is 6.07 Å². The molecule has 96 valence electrons. The van der Waals surface area contributed by atoms with Crippen LogP contribution in [-0.2, 0) is 12.8 Å². The maximum atomic E-state index is 12.2. The highest BCUT2D eigenvalue weighted by Gasteiger charge is 2.16. The summed E-state index contributed by atoms with van der Waals surface area (Å²) in [7, 11) is 1.79. The Hall–Kier alpha value is -1.42. The molecule has 1 aromatic rings. The Morgan fingerprint density at radius 3 is 2.83 bits per heavy atom. The Morgan fingerprint density at radius 2 is 2.11 bits per heavy atom. The van der Waals surface area contributed by atoms with Gasteiger partial charge in [-0.2, -0.15) is 0 Å². The molecule has 2 N–H and O–H groups in total. The minimum absolute atomic E-state index is 0.0425. The van der Waals surface area contributed by atoms with Crippen LogP contribution in [0.15, 0.2) is 18.2 Å². The number of aryl methyl sites for hydroxylation is 2. The zero-order valence-corrected chi connectivity index (χ0v) is 11.4. The first-order chi connectivity index (χ1) is 8.58. The first-order valence-electron chi connectivity index (χ1n) is 6.23. The van der Waals surface area contributed by atoms with Gasteiger partial charge in [-0.3, -0.25) is 4.79 Å². The number of thiocarbonyl (C=S) groups is 1. The molecule has 3 nitrogen and oxygen atoms in total. The molecule has 0 fully saturated rings. The molecule has 0 unspecified atom stereocenters. The number of amides is 1. The van der Waals surface area contributed by atoms with Crippen LogP contribution < -0.4 is 5.73 Å². The van der Waals surface area contributed by atoms with E-state index in [9.17, 15) is 4.79 Å². The van der Waals surface area contributed by atoms with Gasteiger partial charge in [0, 0.05) is 25.6 Å². The largest absolute Gasteiger partial charge is 0.393 e. The van der Waals surface area contributed by atoms with E-state index in [-0.39, 0.29) is 5.91 Å². The number of carbonyl (C=O) groups excluding carboxylic acids is 1. The molecule has 18 heavy (non-hydrogen) atoms. The summed E-state index contributed by atoms with van der Waals surface area (Å²) < 4.78 is 0. The Balaban J connectivity index is 2.06. The van der Waals surface area contributed by atoms with Gasteiger partial charge in [-0.1, -0.05) is 18.3 Å². The number of hydrogen-bond donors (Lipinski definition) is 1. The first-order valence-corrected chi connectivity index (χ1v) is 6.64. The van der Waals surface area contributed by atoms with Gasteiger partial charge in [0.2, 0.25) is 0 Å². The molecule has 0 bridgehead atoms. The van der Waals surface area contributed by atoms with Gasteiger partial charge in [0.15, 0.2) is 0 Å². The molecule has 0 saturated heterocycles. The van der Waals surface area contributed by atoms with E-state index in [1.165, 1.54) is 17.5 Å². The lowest BCUT2D eigenvalue weighted by Crippen LogP contribution is -2.30.